The van der Waals surface area contributed by atoms with Gasteiger partial charge in [-0.25, -0.2) is 4.39 Å². The predicted octanol–water partition coefficient (Wildman–Crippen LogP) is 2.61. The van der Waals surface area contributed by atoms with Crippen LogP contribution in [0.4, 0.5) is 10.1 Å². The molecule has 1 saturated heterocycles. The van der Waals surface area contributed by atoms with Crippen molar-refractivity contribution in [1.82, 2.24) is 5.32 Å². The molecule has 94 valence electrons. The number of rotatable bonds is 2. The Bertz CT molecular complexity index is 415. The largest absolute Gasteiger partial charge is 0.325 e. The number of carbonyl (C=O) groups excluding carboxylic acids is 1. The van der Waals surface area contributed by atoms with Gasteiger partial charge in [0.2, 0.25) is 5.91 Å². The molecule has 0 aliphatic carbocycles. The molecule has 0 bridgehead atoms. The highest BCUT2D eigenvalue weighted by molar-refractivity contribution is 9.10. The van der Waals surface area contributed by atoms with Crippen LogP contribution in [0.2, 0.25) is 0 Å². The number of amides is 1. The Balaban J connectivity index is 0.00000144. The highest BCUT2D eigenvalue weighted by atomic mass is 79.9. The first-order valence-electron chi connectivity index (χ1n) is 4.74. The Hall–Kier alpha value is -0.300. The number of hydrogen-bond donors (Lipinski definition) is 2. The topological polar surface area (TPSA) is 41.1 Å². The molecule has 1 amide bonds. The lowest BCUT2D eigenvalue weighted by Crippen LogP contribution is -2.37. The minimum absolute atomic E-state index is 0. The molecule has 1 fully saturated rings. The Kier molecular flexibility index (Phi) is 5.72. The number of halogens is 3. The van der Waals surface area contributed by atoms with Gasteiger partial charge >= 0.3 is 0 Å². The second-order valence-electron chi connectivity index (χ2n) is 3.39. The molecule has 1 atom stereocenters. The normalized spacial score (nSPS) is 18.6. The van der Waals surface area contributed by atoms with E-state index in [1.165, 1.54) is 6.07 Å². The highest BCUT2D eigenvalue weighted by Crippen LogP contribution is 2.20. The van der Waals surface area contributed by atoms with Crippen molar-refractivity contribution in [2.24, 2.45) is 0 Å². The van der Waals surface area contributed by atoms with E-state index in [-0.39, 0.29) is 30.2 Å². The summed E-state index contributed by atoms with van der Waals surface area (Å²) in [5.41, 5.74) is 0.476. The first-order valence-corrected chi connectivity index (χ1v) is 6.68. The molecule has 2 N–H and O–H groups in total. The molecule has 1 unspecified atom stereocenters. The smallest absolute Gasteiger partial charge is 0.242 e. The van der Waals surface area contributed by atoms with Gasteiger partial charge in [0.05, 0.1) is 10.5 Å². The molecular formula is C10H11BrClFN2OS. The summed E-state index contributed by atoms with van der Waals surface area (Å²) in [6.45, 7) is 0. The van der Waals surface area contributed by atoms with Crippen LogP contribution in [0.5, 0.6) is 0 Å². The van der Waals surface area contributed by atoms with Gasteiger partial charge in [-0.1, -0.05) is 0 Å². The van der Waals surface area contributed by atoms with Crippen molar-refractivity contribution in [2.45, 2.75) is 6.04 Å². The molecule has 0 saturated carbocycles. The zero-order valence-electron chi connectivity index (χ0n) is 8.70. The minimum atomic E-state index is -0.383. The third-order valence-corrected chi connectivity index (χ3v) is 3.80. The van der Waals surface area contributed by atoms with Gasteiger partial charge < -0.3 is 5.32 Å². The van der Waals surface area contributed by atoms with Gasteiger partial charge in [-0.05, 0) is 34.1 Å². The van der Waals surface area contributed by atoms with Crippen LogP contribution in [-0.2, 0) is 4.79 Å². The van der Waals surface area contributed by atoms with Crippen molar-refractivity contribution in [3.8, 4) is 0 Å². The Morgan fingerprint density at radius 2 is 2.35 bits per heavy atom. The molecule has 7 heteroatoms. The molecule has 17 heavy (non-hydrogen) atoms. The minimum Gasteiger partial charge on any atom is -0.325 e. The zero-order chi connectivity index (χ0) is 11.5. The van der Waals surface area contributed by atoms with Crippen LogP contribution in [0.25, 0.3) is 0 Å². The summed E-state index contributed by atoms with van der Waals surface area (Å²) < 4.78 is 13.6. The van der Waals surface area contributed by atoms with E-state index in [0.717, 1.165) is 11.6 Å². The predicted molar refractivity (Wildman–Crippen MR) is 74.2 cm³/mol. The van der Waals surface area contributed by atoms with E-state index in [1.807, 2.05) is 0 Å². The third kappa shape index (κ3) is 3.84. The molecule has 1 aromatic carbocycles. The summed E-state index contributed by atoms with van der Waals surface area (Å²) in [6, 6.07) is 4.34. The molecule has 2 rings (SSSR count). The molecular weight excluding hydrogens is 331 g/mol. The van der Waals surface area contributed by atoms with E-state index in [9.17, 15) is 9.18 Å². The van der Waals surface area contributed by atoms with E-state index in [2.05, 4.69) is 26.6 Å². The summed E-state index contributed by atoms with van der Waals surface area (Å²) in [7, 11) is 0. The maximum atomic E-state index is 13.2. The summed E-state index contributed by atoms with van der Waals surface area (Å²) in [5, 5.41) is 5.73. The fraction of sp³-hybridized carbons (Fsp3) is 0.300. The molecule has 1 aromatic rings. The molecule has 1 aliphatic heterocycles. The lowest BCUT2D eigenvalue weighted by molar-refractivity contribution is -0.117. The monoisotopic (exact) mass is 340 g/mol. The van der Waals surface area contributed by atoms with Crippen LogP contribution < -0.4 is 10.6 Å². The summed E-state index contributed by atoms with van der Waals surface area (Å²) >= 11 is 4.73. The van der Waals surface area contributed by atoms with Crippen LogP contribution in [0.15, 0.2) is 22.7 Å². The first kappa shape index (κ1) is 14.8. The van der Waals surface area contributed by atoms with Crippen molar-refractivity contribution in [3.63, 3.8) is 0 Å². The number of hydrogen-bond acceptors (Lipinski definition) is 3. The van der Waals surface area contributed by atoms with Crippen molar-refractivity contribution in [2.75, 3.05) is 16.9 Å². The fourth-order valence-electron chi connectivity index (χ4n) is 1.37. The van der Waals surface area contributed by atoms with Crippen LogP contribution in [0.3, 0.4) is 0 Å². The van der Waals surface area contributed by atoms with E-state index in [1.54, 1.807) is 23.9 Å². The number of thioether (sulfide) groups is 1. The van der Waals surface area contributed by atoms with E-state index in [0.29, 0.717) is 10.2 Å². The third-order valence-electron chi connectivity index (χ3n) is 2.22. The van der Waals surface area contributed by atoms with Gasteiger partial charge in [-0.3, -0.25) is 10.1 Å². The fourth-order valence-corrected chi connectivity index (χ4v) is 2.56. The SMILES string of the molecule is Cl.O=C(Nc1ccc(Br)c(F)c1)C1CSCN1. The van der Waals surface area contributed by atoms with Crippen LogP contribution in [0.1, 0.15) is 0 Å². The standard InChI is InChI=1S/C10H10BrFN2OS.ClH/c11-7-2-1-6(3-8(7)12)14-10(15)9-4-16-5-13-9;/h1-3,9,13H,4-5H2,(H,14,15);1H. The van der Waals surface area contributed by atoms with Gasteiger partial charge in [-0.15, -0.1) is 24.2 Å². The molecule has 1 aliphatic rings. The number of benzene rings is 1. The van der Waals surface area contributed by atoms with E-state index < -0.39 is 0 Å². The van der Waals surface area contributed by atoms with Gasteiger partial charge in [0, 0.05) is 17.3 Å². The summed E-state index contributed by atoms with van der Waals surface area (Å²) in [5.74, 6) is 1.04. The molecule has 0 radical (unpaired) electrons. The van der Waals surface area contributed by atoms with Crippen molar-refractivity contribution in [3.05, 3.63) is 28.5 Å². The maximum Gasteiger partial charge on any atom is 0.242 e. The van der Waals surface area contributed by atoms with Gasteiger partial charge in [0.1, 0.15) is 5.82 Å². The lowest BCUT2D eigenvalue weighted by atomic mass is 10.2. The Labute approximate surface area is 117 Å². The van der Waals surface area contributed by atoms with Gasteiger partial charge in [0.15, 0.2) is 0 Å². The van der Waals surface area contributed by atoms with E-state index >= 15 is 0 Å². The van der Waals surface area contributed by atoms with Gasteiger partial charge in [-0.2, -0.15) is 0 Å². The van der Waals surface area contributed by atoms with Crippen LogP contribution in [-0.4, -0.2) is 23.6 Å². The van der Waals surface area contributed by atoms with E-state index in [4.69, 9.17) is 0 Å². The second kappa shape index (κ2) is 6.58. The Morgan fingerprint density at radius 1 is 1.59 bits per heavy atom. The first-order chi connectivity index (χ1) is 7.66. The highest BCUT2D eigenvalue weighted by Gasteiger charge is 2.22. The van der Waals surface area contributed by atoms with Crippen LogP contribution in [0, 0.1) is 5.82 Å². The quantitative estimate of drug-likeness (QED) is 0.869. The Morgan fingerprint density at radius 3 is 2.94 bits per heavy atom. The molecule has 0 aromatic heterocycles. The van der Waals surface area contributed by atoms with Crippen molar-refractivity contribution >= 4 is 51.7 Å². The maximum absolute atomic E-state index is 13.2. The van der Waals surface area contributed by atoms with Gasteiger partial charge in [0.25, 0.3) is 0 Å². The number of carbonyl (C=O) groups is 1. The molecule has 1 heterocycles. The lowest BCUT2D eigenvalue weighted by Gasteiger charge is -2.10. The second-order valence-corrected chi connectivity index (χ2v) is 5.27. The molecule has 3 nitrogen and oxygen atoms in total. The molecule has 0 spiro atoms. The average molecular weight is 342 g/mol. The summed E-state index contributed by atoms with van der Waals surface area (Å²) in [6.07, 6.45) is 0. The number of anilines is 1. The van der Waals surface area contributed by atoms with Crippen molar-refractivity contribution < 1.29 is 9.18 Å². The summed E-state index contributed by atoms with van der Waals surface area (Å²) in [4.78, 5) is 11.7. The zero-order valence-corrected chi connectivity index (χ0v) is 11.9. The number of nitrogens with one attached hydrogen (secondary N) is 2. The average Bonchev–Trinajstić information content (AvgIpc) is 2.77. The van der Waals surface area contributed by atoms with Crippen LogP contribution >= 0.6 is 40.1 Å². The van der Waals surface area contributed by atoms with Crippen molar-refractivity contribution in [1.29, 1.82) is 0 Å².